The Labute approximate surface area is 159 Å². The molecule has 0 bridgehead atoms. The number of carbonyl (C=O) groups is 1. The molecule has 2 aromatic heterocycles. The summed E-state index contributed by atoms with van der Waals surface area (Å²) in [4.78, 5) is 13.2. The summed E-state index contributed by atoms with van der Waals surface area (Å²) in [5, 5.41) is 13.8. The number of hydrogen-bond donors (Lipinski definition) is 2. The Morgan fingerprint density at radius 1 is 1.27 bits per heavy atom. The molecule has 4 rings (SSSR count). The van der Waals surface area contributed by atoms with Crippen LogP contribution in [0.4, 0.5) is 5.69 Å². The maximum Gasteiger partial charge on any atom is 0.225 e. The van der Waals surface area contributed by atoms with E-state index in [-0.39, 0.29) is 5.91 Å². The first-order chi connectivity index (χ1) is 12.7. The smallest absolute Gasteiger partial charge is 0.225 e. The molecule has 3 N–H and O–H groups in total. The summed E-state index contributed by atoms with van der Waals surface area (Å²) in [6.45, 7) is 0. The lowest BCUT2D eigenvalue weighted by Crippen LogP contribution is -2.14. The molecule has 0 fully saturated rings. The van der Waals surface area contributed by atoms with Gasteiger partial charge in [-0.3, -0.25) is 4.79 Å². The molecule has 3 aromatic rings. The number of thioether (sulfide) groups is 1. The number of aromatic nitrogens is 3. The molecule has 8 heteroatoms. The molecule has 0 saturated heterocycles. The maximum atomic E-state index is 12.2. The molecule has 0 aliphatic heterocycles. The van der Waals surface area contributed by atoms with E-state index in [0.29, 0.717) is 23.2 Å². The van der Waals surface area contributed by atoms with Gasteiger partial charge in [-0.25, -0.2) is 4.68 Å². The van der Waals surface area contributed by atoms with Crippen LogP contribution in [0.5, 0.6) is 0 Å². The molecule has 0 saturated carbocycles. The van der Waals surface area contributed by atoms with Gasteiger partial charge in [-0.15, -0.1) is 21.5 Å². The lowest BCUT2D eigenvalue weighted by Gasteiger charge is -2.07. The summed E-state index contributed by atoms with van der Waals surface area (Å²) < 4.78 is 1.48. The SMILES string of the molecule is Nn1c(SCCC(=O)Nc2ccc3c(c2)CCC3)nnc1-c1cccs1. The van der Waals surface area contributed by atoms with Gasteiger partial charge in [0.25, 0.3) is 0 Å². The zero-order chi connectivity index (χ0) is 17.9. The highest BCUT2D eigenvalue weighted by Crippen LogP contribution is 2.26. The zero-order valence-corrected chi connectivity index (χ0v) is 15.8. The minimum atomic E-state index is -0.00276. The predicted molar refractivity (Wildman–Crippen MR) is 106 cm³/mol. The molecule has 0 unspecified atom stereocenters. The van der Waals surface area contributed by atoms with Crippen molar-refractivity contribution in [1.82, 2.24) is 14.9 Å². The number of aryl methyl sites for hydroxylation is 2. The zero-order valence-electron chi connectivity index (χ0n) is 14.1. The van der Waals surface area contributed by atoms with Gasteiger partial charge in [-0.2, -0.15) is 0 Å². The molecule has 26 heavy (non-hydrogen) atoms. The standard InChI is InChI=1S/C18H19N5OS2/c19-23-17(15-5-2-9-25-15)21-22-18(23)26-10-8-16(24)20-14-7-6-12-3-1-4-13(12)11-14/h2,5-7,9,11H,1,3-4,8,10,19H2,(H,20,24). The van der Waals surface area contributed by atoms with E-state index in [1.807, 2.05) is 23.6 Å². The molecule has 134 valence electrons. The summed E-state index contributed by atoms with van der Waals surface area (Å²) in [6.07, 6.45) is 3.85. The van der Waals surface area contributed by atoms with Gasteiger partial charge in [0.1, 0.15) is 0 Å². The van der Waals surface area contributed by atoms with Gasteiger partial charge in [0.05, 0.1) is 4.88 Å². The van der Waals surface area contributed by atoms with E-state index in [0.717, 1.165) is 23.4 Å². The second-order valence-electron chi connectivity index (χ2n) is 6.14. The van der Waals surface area contributed by atoms with Crippen LogP contribution in [0.25, 0.3) is 10.7 Å². The van der Waals surface area contributed by atoms with Gasteiger partial charge in [0.15, 0.2) is 5.82 Å². The molecule has 2 heterocycles. The third-order valence-corrected chi connectivity index (χ3v) is 6.16. The third kappa shape index (κ3) is 3.61. The highest BCUT2D eigenvalue weighted by Gasteiger charge is 2.14. The average Bonchev–Trinajstić information content (AvgIpc) is 3.36. The topological polar surface area (TPSA) is 85.8 Å². The maximum absolute atomic E-state index is 12.2. The minimum absolute atomic E-state index is 0.00276. The Bertz CT molecular complexity index is 920. The van der Waals surface area contributed by atoms with E-state index in [1.54, 1.807) is 11.3 Å². The molecule has 1 aromatic carbocycles. The summed E-state index contributed by atoms with van der Waals surface area (Å²) in [5.74, 6) is 7.30. The lowest BCUT2D eigenvalue weighted by molar-refractivity contribution is -0.115. The van der Waals surface area contributed by atoms with Crippen LogP contribution in [0.1, 0.15) is 24.0 Å². The molecule has 1 amide bonds. The summed E-state index contributed by atoms with van der Waals surface area (Å²) >= 11 is 3.00. The number of nitrogens with zero attached hydrogens (tertiary/aromatic N) is 3. The summed E-state index contributed by atoms with van der Waals surface area (Å²) in [6, 6.07) is 10.1. The van der Waals surface area contributed by atoms with Crippen LogP contribution in [0.3, 0.4) is 0 Å². The molecule has 1 aliphatic rings. The Kier molecular flexibility index (Phi) is 4.94. The van der Waals surface area contributed by atoms with E-state index in [4.69, 9.17) is 5.84 Å². The number of thiophene rings is 1. The Morgan fingerprint density at radius 2 is 2.15 bits per heavy atom. The lowest BCUT2D eigenvalue weighted by atomic mass is 10.1. The molecule has 0 spiro atoms. The van der Waals surface area contributed by atoms with Gasteiger partial charge >= 0.3 is 0 Å². The van der Waals surface area contributed by atoms with Crippen molar-refractivity contribution in [2.75, 3.05) is 16.9 Å². The van der Waals surface area contributed by atoms with Crippen molar-refractivity contribution in [3.63, 3.8) is 0 Å². The summed E-state index contributed by atoms with van der Waals surface area (Å²) in [5.41, 5.74) is 3.64. The molecule has 0 atom stereocenters. The van der Waals surface area contributed by atoms with Crippen molar-refractivity contribution in [3.8, 4) is 10.7 Å². The molecule has 1 aliphatic carbocycles. The first kappa shape index (κ1) is 17.1. The normalized spacial score (nSPS) is 12.9. The number of anilines is 1. The fourth-order valence-corrected chi connectivity index (χ4v) is 4.56. The Morgan fingerprint density at radius 3 is 3.00 bits per heavy atom. The molecular weight excluding hydrogens is 366 g/mol. The highest BCUT2D eigenvalue weighted by molar-refractivity contribution is 7.99. The van der Waals surface area contributed by atoms with Crippen LogP contribution in [-0.2, 0) is 17.6 Å². The van der Waals surface area contributed by atoms with Gasteiger partial charge in [-0.05, 0) is 54.0 Å². The van der Waals surface area contributed by atoms with E-state index in [1.165, 1.54) is 34.0 Å². The molecule has 0 radical (unpaired) electrons. The van der Waals surface area contributed by atoms with Crippen molar-refractivity contribution >= 4 is 34.7 Å². The van der Waals surface area contributed by atoms with Crippen LogP contribution in [0.15, 0.2) is 40.9 Å². The Hall–Kier alpha value is -2.32. The monoisotopic (exact) mass is 385 g/mol. The fraction of sp³-hybridized carbons (Fsp3) is 0.278. The van der Waals surface area contributed by atoms with Crippen molar-refractivity contribution in [1.29, 1.82) is 0 Å². The van der Waals surface area contributed by atoms with Crippen LogP contribution >= 0.6 is 23.1 Å². The summed E-state index contributed by atoms with van der Waals surface area (Å²) in [7, 11) is 0. The second-order valence-corrected chi connectivity index (χ2v) is 8.15. The first-order valence-corrected chi connectivity index (χ1v) is 10.4. The Balaban J connectivity index is 1.30. The van der Waals surface area contributed by atoms with Crippen molar-refractivity contribution in [2.45, 2.75) is 30.8 Å². The number of amides is 1. The average molecular weight is 386 g/mol. The van der Waals surface area contributed by atoms with Crippen LogP contribution in [-0.4, -0.2) is 26.5 Å². The number of benzene rings is 1. The van der Waals surface area contributed by atoms with E-state index < -0.39 is 0 Å². The van der Waals surface area contributed by atoms with Gasteiger partial charge in [0.2, 0.25) is 11.1 Å². The largest absolute Gasteiger partial charge is 0.335 e. The van der Waals surface area contributed by atoms with Gasteiger partial charge < -0.3 is 11.2 Å². The number of fused-ring (bicyclic) bond motifs is 1. The van der Waals surface area contributed by atoms with Gasteiger partial charge in [-0.1, -0.05) is 23.9 Å². The quantitative estimate of drug-likeness (QED) is 0.502. The van der Waals surface area contributed by atoms with Crippen LogP contribution in [0, 0.1) is 0 Å². The number of carbonyl (C=O) groups excluding carboxylic acids is 1. The van der Waals surface area contributed by atoms with Crippen LogP contribution < -0.4 is 11.2 Å². The third-order valence-electron chi connectivity index (χ3n) is 4.35. The number of nitrogens with two attached hydrogens (primary N) is 1. The first-order valence-electron chi connectivity index (χ1n) is 8.49. The number of nitrogen functional groups attached to an aromatic ring is 1. The predicted octanol–water partition coefficient (Wildman–Crippen LogP) is 3.33. The number of nitrogens with one attached hydrogen (secondary N) is 1. The molecular formula is C18H19N5OS2. The van der Waals surface area contributed by atoms with Crippen molar-refractivity contribution in [2.24, 2.45) is 0 Å². The number of rotatable bonds is 6. The fourth-order valence-electron chi connectivity index (χ4n) is 3.06. The van der Waals surface area contributed by atoms with E-state index in [9.17, 15) is 4.79 Å². The van der Waals surface area contributed by atoms with Crippen molar-refractivity contribution < 1.29 is 4.79 Å². The second kappa shape index (κ2) is 7.51. The number of hydrogen-bond acceptors (Lipinski definition) is 6. The van der Waals surface area contributed by atoms with Gasteiger partial charge in [0, 0.05) is 17.9 Å². The van der Waals surface area contributed by atoms with E-state index >= 15 is 0 Å². The minimum Gasteiger partial charge on any atom is -0.335 e. The van der Waals surface area contributed by atoms with Crippen LogP contribution in [0.2, 0.25) is 0 Å². The molecule has 6 nitrogen and oxygen atoms in total. The van der Waals surface area contributed by atoms with Crippen molar-refractivity contribution in [3.05, 3.63) is 46.8 Å². The highest BCUT2D eigenvalue weighted by atomic mass is 32.2. The van der Waals surface area contributed by atoms with E-state index in [2.05, 4.69) is 27.6 Å².